The van der Waals surface area contributed by atoms with Gasteiger partial charge in [-0.1, -0.05) is 36.9 Å². The summed E-state index contributed by atoms with van der Waals surface area (Å²) in [6.45, 7) is 6.35. The molecule has 40 heavy (non-hydrogen) atoms. The summed E-state index contributed by atoms with van der Waals surface area (Å²) in [5, 5.41) is 7.05. The molecule has 2 amide bonds. The van der Waals surface area contributed by atoms with Gasteiger partial charge in [-0.25, -0.2) is 9.97 Å². The first-order valence-electron chi connectivity index (χ1n) is 13.1. The van der Waals surface area contributed by atoms with E-state index in [2.05, 4.69) is 22.2 Å². The maximum absolute atomic E-state index is 11.8. The first-order chi connectivity index (χ1) is 19.3. The third-order valence-electron chi connectivity index (χ3n) is 6.85. The third kappa shape index (κ3) is 5.88. The lowest BCUT2D eigenvalue weighted by atomic mass is 10.0. The second kappa shape index (κ2) is 11.4. The van der Waals surface area contributed by atoms with Crippen LogP contribution in [-0.4, -0.2) is 60.0 Å². The molecule has 9 heteroatoms. The van der Waals surface area contributed by atoms with Gasteiger partial charge in [0, 0.05) is 68.6 Å². The molecule has 1 saturated heterocycles. The Morgan fingerprint density at radius 2 is 1.95 bits per heavy atom. The van der Waals surface area contributed by atoms with Gasteiger partial charge in [0.2, 0.25) is 17.8 Å². The van der Waals surface area contributed by atoms with Crippen LogP contribution in [0.3, 0.4) is 0 Å². The number of hydrogen-bond acceptors (Lipinski definition) is 7. The minimum absolute atomic E-state index is 0.0560. The summed E-state index contributed by atoms with van der Waals surface area (Å²) in [4.78, 5) is 36.9. The normalized spacial score (nSPS) is 14.6. The standard InChI is InChI=1S/C31H32N6O3/c1-5-29(39)33-23-10-6-8-21(16-23)26-11-7-9-22-18-32-31(35-30(22)26)34-27-13-12-24(36(3)4)17-28(27)40-25-14-15-37(19-25)20(2)38/h5-13,16-18,25H,1,14-15,19H2,2-4H3,(H,33,39)(H,32,34,35). The molecular weight excluding hydrogens is 504 g/mol. The van der Waals surface area contributed by atoms with Crippen LogP contribution in [0, 0.1) is 0 Å². The molecule has 204 valence electrons. The number of rotatable bonds is 8. The van der Waals surface area contributed by atoms with Crippen molar-refractivity contribution in [3.8, 4) is 16.9 Å². The largest absolute Gasteiger partial charge is 0.486 e. The summed E-state index contributed by atoms with van der Waals surface area (Å²) < 4.78 is 6.40. The number of nitrogens with one attached hydrogen (secondary N) is 2. The highest BCUT2D eigenvalue weighted by Gasteiger charge is 2.26. The molecule has 9 nitrogen and oxygen atoms in total. The van der Waals surface area contributed by atoms with Gasteiger partial charge in [-0.3, -0.25) is 9.59 Å². The van der Waals surface area contributed by atoms with Crippen LogP contribution in [-0.2, 0) is 9.59 Å². The lowest BCUT2D eigenvalue weighted by Gasteiger charge is -2.21. The average Bonchev–Trinajstić information content (AvgIpc) is 3.42. The molecule has 3 aromatic carbocycles. The number of para-hydroxylation sites is 1. The zero-order valence-corrected chi connectivity index (χ0v) is 22.8. The molecule has 0 spiro atoms. The van der Waals surface area contributed by atoms with Gasteiger partial charge in [-0.05, 0) is 35.9 Å². The van der Waals surface area contributed by atoms with E-state index in [1.807, 2.05) is 79.7 Å². The van der Waals surface area contributed by atoms with Gasteiger partial charge >= 0.3 is 0 Å². The number of hydrogen-bond donors (Lipinski definition) is 2. The topological polar surface area (TPSA) is 99.7 Å². The van der Waals surface area contributed by atoms with E-state index in [9.17, 15) is 9.59 Å². The Morgan fingerprint density at radius 1 is 1.12 bits per heavy atom. The van der Waals surface area contributed by atoms with Gasteiger partial charge in [-0.15, -0.1) is 0 Å². The van der Waals surface area contributed by atoms with E-state index in [1.54, 1.807) is 18.0 Å². The van der Waals surface area contributed by atoms with E-state index in [0.29, 0.717) is 30.5 Å². The highest BCUT2D eigenvalue weighted by atomic mass is 16.5. The van der Waals surface area contributed by atoms with Gasteiger partial charge in [-0.2, -0.15) is 0 Å². The molecule has 1 aromatic heterocycles. The summed E-state index contributed by atoms with van der Waals surface area (Å²) in [6, 6.07) is 19.5. The van der Waals surface area contributed by atoms with Crippen molar-refractivity contribution in [3.05, 3.63) is 79.5 Å². The third-order valence-corrected chi connectivity index (χ3v) is 6.85. The van der Waals surface area contributed by atoms with Crippen LogP contribution in [0.2, 0.25) is 0 Å². The molecule has 2 N–H and O–H groups in total. The quantitative estimate of drug-likeness (QED) is 0.298. The summed E-state index contributed by atoms with van der Waals surface area (Å²) >= 11 is 0. The zero-order chi connectivity index (χ0) is 28.2. The Balaban J connectivity index is 1.47. The number of fused-ring (bicyclic) bond motifs is 1. The van der Waals surface area contributed by atoms with Crippen molar-refractivity contribution in [2.75, 3.05) is 42.7 Å². The summed E-state index contributed by atoms with van der Waals surface area (Å²) in [6.07, 6.45) is 3.70. The molecule has 5 rings (SSSR count). The van der Waals surface area contributed by atoms with Crippen molar-refractivity contribution in [1.82, 2.24) is 14.9 Å². The number of ether oxygens (including phenoxy) is 1. The molecule has 1 unspecified atom stereocenters. The number of carbonyl (C=O) groups is 2. The molecule has 0 saturated carbocycles. The van der Waals surface area contributed by atoms with Crippen LogP contribution >= 0.6 is 0 Å². The Labute approximate surface area is 233 Å². The van der Waals surface area contributed by atoms with Crippen LogP contribution in [0.1, 0.15) is 13.3 Å². The SMILES string of the molecule is C=CC(=O)Nc1cccc(-c2cccc3cnc(Nc4ccc(N(C)C)cc4OC4CCN(C(C)=O)C4)nc23)c1. The minimum atomic E-state index is -0.270. The molecule has 1 aliphatic rings. The number of amides is 2. The molecule has 1 atom stereocenters. The predicted octanol–water partition coefficient (Wildman–Crippen LogP) is 5.23. The van der Waals surface area contributed by atoms with Crippen LogP contribution in [0.25, 0.3) is 22.0 Å². The van der Waals surface area contributed by atoms with Crippen LogP contribution in [0.15, 0.2) is 79.5 Å². The van der Waals surface area contributed by atoms with E-state index in [1.165, 1.54) is 6.08 Å². The van der Waals surface area contributed by atoms with Gasteiger partial charge in [0.05, 0.1) is 17.7 Å². The van der Waals surface area contributed by atoms with E-state index in [0.717, 1.165) is 39.8 Å². The second-order valence-electron chi connectivity index (χ2n) is 9.90. The monoisotopic (exact) mass is 536 g/mol. The van der Waals surface area contributed by atoms with Crippen molar-refractivity contribution < 1.29 is 14.3 Å². The van der Waals surface area contributed by atoms with E-state index >= 15 is 0 Å². The molecule has 0 bridgehead atoms. The fourth-order valence-electron chi connectivity index (χ4n) is 4.71. The van der Waals surface area contributed by atoms with Crippen LogP contribution in [0.4, 0.5) is 23.0 Å². The molecule has 1 fully saturated rings. The summed E-state index contributed by atoms with van der Waals surface area (Å²) in [5.74, 6) is 0.883. The molecule has 4 aromatic rings. The van der Waals surface area contributed by atoms with Crippen molar-refractivity contribution >= 4 is 45.7 Å². The fraction of sp³-hybridized carbons (Fsp3) is 0.226. The first kappa shape index (κ1) is 26.7. The van der Waals surface area contributed by atoms with Gasteiger partial charge < -0.3 is 25.2 Å². The van der Waals surface area contributed by atoms with Crippen molar-refractivity contribution in [3.63, 3.8) is 0 Å². The predicted molar refractivity (Wildman–Crippen MR) is 159 cm³/mol. The highest BCUT2D eigenvalue weighted by Crippen LogP contribution is 2.34. The average molecular weight is 537 g/mol. The molecule has 0 radical (unpaired) electrons. The Hall–Kier alpha value is -4.92. The first-order valence-corrected chi connectivity index (χ1v) is 13.1. The molecule has 0 aliphatic carbocycles. The number of benzene rings is 3. The molecular formula is C31H32N6O3. The van der Waals surface area contributed by atoms with Gasteiger partial charge in [0.1, 0.15) is 11.9 Å². The maximum Gasteiger partial charge on any atom is 0.247 e. The van der Waals surface area contributed by atoms with Gasteiger partial charge in [0.15, 0.2) is 0 Å². The number of aromatic nitrogens is 2. The van der Waals surface area contributed by atoms with E-state index in [-0.39, 0.29) is 17.9 Å². The second-order valence-corrected chi connectivity index (χ2v) is 9.90. The lowest BCUT2D eigenvalue weighted by Crippen LogP contribution is -2.28. The Morgan fingerprint density at radius 3 is 2.70 bits per heavy atom. The van der Waals surface area contributed by atoms with E-state index < -0.39 is 0 Å². The Bertz CT molecular complexity index is 1580. The number of carbonyl (C=O) groups excluding carboxylic acids is 2. The smallest absolute Gasteiger partial charge is 0.247 e. The van der Waals surface area contributed by atoms with Gasteiger partial charge in [0.25, 0.3) is 0 Å². The molecule has 2 heterocycles. The van der Waals surface area contributed by atoms with E-state index in [4.69, 9.17) is 9.72 Å². The van der Waals surface area contributed by atoms with Crippen LogP contribution < -0.4 is 20.3 Å². The van der Waals surface area contributed by atoms with Crippen molar-refractivity contribution in [1.29, 1.82) is 0 Å². The van der Waals surface area contributed by atoms with Crippen molar-refractivity contribution in [2.45, 2.75) is 19.4 Å². The summed E-state index contributed by atoms with van der Waals surface area (Å²) in [5.41, 5.74) is 4.99. The molecule has 1 aliphatic heterocycles. The highest BCUT2D eigenvalue weighted by molar-refractivity contribution is 6.00. The lowest BCUT2D eigenvalue weighted by molar-refractivity contribution is -0.128. The van der Waals surface area contributed by atoms with Crippen molar-refractivity contribution in [2.24, 2.45) is 0 Å². The summed E-state index contributed by atoms with van der Waals surface area (Å²) in [7, 11) is 3.95. The number of anilines is 4. The Kier molecular flexibility index (Phi) is 7.63. The minimum Gasteiger partial charge on any atom is -0.486 e. The number of nitrogens with zero attached hydrogens (tertiary/aromatic N) is 4. The van der Waals surface area contributed by atoms with Crippen LogP contribution in [0.5, 0.6) is 5.75 Å². The fourth-order valence-corrected chi connectivity index (χ4v) is 4.71. The number of likely N-dealkylation sites (tertiary alicyclic amines) is 1. The maximum atomic E-state index is 11.8. The zero-order valence-electron chi connectivity index (χ0n) is 22.8.